The quantitative estimate of drug-likeness (QED) is 0.163. The second-order valence-corrected chi connectivity index (χ2v) is 17.6. The van der Waals surface area contributed by atoms with Crippen LogP contribution in [-0.2, 0) is 5.41 Å². The minimum Gasteiger partial charge on any atom is -0.278 e. The molecular weight excluding hydrogens is 751 g/mol. The maximum atomic E-state index is 5.81. The summed E-state index contributed by atoms with van der Waals surface area (Å²) >= 11 is 0. The molecule has 0 N–H and O–H groups in total. The molecule has 0 saturated heterocycles. The number of aromatic nitrogens is 3. The normalized spacial score (nSPS) is 13.5. The van der Waals surface area contributed by atoms with Crippen LogP contribution in [0, 0.1) is 0 Å². The van der Waals surface area contributed by atoms with Gasteiger partial charge in [-0.1, -0.05) is 178 Å². The van der Waals surface area contributed by atoms with Crippen LogP contribution < -0.4 is 0 Å². The van der Waals surface area contributed by atoms with Gasteiger partial charge in [0.15, 0.2) is 0 Å². The molecule has 11 aromatic carbocycles. The van der Waals surface area contributed by atoms with E-state index in [1.807, 2.05) is 0 Å². The lowest BCUT2D eigenvalue weighted by Gasteiger charge is -2.24. The van der Waals surface area contributed by atoms with Crippen LogP contribution in [0.25, 0.3) is 126 Å². The lowest BCUT2D eigenvalue weighted by atomic mass is 9.80. The number of fused-ring (bicyclic) bond motifs is 20. The third kappa shape index (κ3) is 4.39. The van der Waals surface area contributed by atoms with E-state index in [0.29, 0.717) is 5.95 Å². The molecule has 2 aromatic heterocycles. The fourth-order valence-electron chi connectivity index (χ4n) is 11.4. The molecule has 0 bridgehead atoms. The van der Waals surface area contributed by atoms with E-state index in [0.717, 1.165) is 28.0 Å². The first-order valence-corrected chi connectivity index (χ1v) is 21.6. The van der Waals surface area contributed by atoms with E-state index >= 15 is 0 Å². The SMILES string of the molecule is CC1(C)c2ccccc2-c2nc(-n3c4cc5ccccc5cc4c4c5c6ccccc6c6ccccc6c5ccc43)nc(-c3ccc4c5ccccc5c5ccccc5c4c3)c21. The molecule has 1 aliphatic carbocycles. The number of hydrogen-bond acceptors (Lipinski definition) is 2. The molecule has 0 atom stereocenters. The van der Waals surface area contributed by atoms with Gasteiger partial charge < -0.3 is 0 Å². The zero-order chi connectivity index (χ0) is 40.8. The summed E-state index contributed by atoms with van der Waals surface area (Å²) < 4.78 is 2.35. The highest BCUT2D eigenvalue weighted by molar-refractivity contribution is 6.36. The van der Waals surface area contributed by atoms with Gasteiger partial charge in [-0.15, -0.1) is 0 Å². The third-order valence-electron chi connectivity index (χ3n) is 14.1. The van der Waals surface area contributed by atoms with Crippen molar-refractivity contribution in [1.82, 2.24) is 14.5 Å². The van der Waals surface area contributed by atoms with Crippen molar-refractivity contribution in [3.63, 3.8) is 0 Å². The number of benzene rings is 11. The first kappa shape index (κ1) is 33.9. The molecule has 3 nitrogen and oxygen atoms in total. The topological polar surface area (TPSA) is 30.7 Å². The average Bonchev–Trinajstić information content (AvgIpc) is 3.77. The van der Waals surface area contributed by atoms with Gasteiger partial charge in [0, 0.05) is 38.3 Å². The van der Waals surface area contributed by atoms with Gasteiger partial charge in [0.1, 0.15) is 0 Å². The Labute approximate surface area is 357 Å². The molecule has 62 heavy (non-hydrogen) atoms. The van der Waals surface area contributed by atoms with E-state index in [-0.39, 0.29) is 5.41 Å². The zero-order valence-corrected chi connectivity index (χ0v) is 34.2. The van der Waals surface area contributed by atoms with Crippen molar-refractivity contribution < 1.29 is 0 Å². The number of hydrogen-bond donors (Lipinski definition) is 0. The standard InChI is InChI=1S/C59H37N3/c1-59(2)50-26-14-13-25-47(50)57-55(59)56(36-27-28-44-39-19-6-5-17-37(39)38-18-8-10-23-43(38)48(44)32-36)60-58(61-57)62-51-30-29-46-42-22-9-7-20-40(42)41-21-11-12-24-45(41)53(46)54(51)49-31-34-15-3-4-16-35(34)33-52(49)62/h3-33H,1-2H3. The molecule has 288 valence electrons. The van der Waals surface area contributed by atoms with Gasteiger partial charge in [-0.2, -0.15) is 0 Å². The summed E-state index contributed by atoms with van der Waals surface area (Å²) in [6.45, 7) is 4.67. The largest absolute Gasteiger partial charge is 0.278 e. The van der Waals surface area contributed by atoms with Crippen molar-refractivity contribution in [2.24, 2.45) is 0 Å². The molecule has 0 unspecified atom stereocenters. The molecular formula is C59H37N3. The van der Waals surface area contributed by atoms with Gasteiger partial charge in [0.25, 0.3) is 0 Å². The number of rotatable bonds is 2. The van der Waals surface area contributed by atoms with Crippen LogP contribution in [0.3, 0.4) is 0 Å². The molecule has 0 radical (unpaired) electrons. The maximum absolute atomic E-state index is 5.81. The Hall–Kier alpha value is -7.88. The first-order valence-electron chi connectivity index (χ1n) is 21.6. The summed E-state index contributed by atoms with van der Waals surface area (Å²) in [7, 11) is 0. The molecule has 1 aliphatic rings. The van der Waals surface area contributed by atoms with Crippen LogP contribution in [0.2, 0.25) is 0 Å². The predicted molar refractivity (Wildman–Crippen MR) is 262 cm³/mol. The Balaban J connectivity index is 1.15. The third-order valence-corrected chi connectivity index (χ3v) is 14.1. The average molecular weight is 788 g/mol. The highest BCUT2D eigenvalue weighted by atomic mass is 15.2. The molecule has 0 amide bonds. The first-order chi connectivity index (χ1) is 30.5. The molecule has 2 heterocycles. The van der Waals surface area contributed by atoms with Crippen molar-refractivity contribution in [3.05, 3.63) is 199 Å². The minimum atomic E-state index is -0.326. The predicted octanol–water partition coefficient (Wildman–Crippen LogP) is 15.6. The van der Waals surface area contributed by atoms with Crippen LogP contribution in [0.1, 0.15) is 25.0 Å². The van der Waals surface area contributed by atoms with E-state index in [2.05, 4.69) is 206 Å². The van der Waals surface area contributed by atoms with E-state index in [9.17, 15) is 0 Å². The number of nitrogens with zero attached hydrogens (tertiary/aromatic N) is 3. The van der Waals surface area contributed by atoms with Crippen LogP contribution in [0.4, 0.5) is 0 Å². The zero-order valence-electron chi connectivity index (χ0n) is 34.2. The molecule has 0 saturated carbocycles. The summed E-state index contributed by atoms with van der Waals surface area (Å²) in [4.78, 5) is 11.5. The van der Waals surface area contributed by atoms with E-state index in [1.54, 1.807) is 0 Å². The molecule has 0 fully saturated rings. The van der Waals surface area contributed by atoms with Crippen molar-refractivity contribution in [1.29, 1.82) is 0 Å². The second kappa shape index (κ2) is 12.1. The highest BCUT2D eigenvalue weighted by Gasteiger charge is 2.40. The summed E-state index contributed by atoms with van der Waals surface area (Å²) in [6, 6.07) is 69.3. The Morgan fingerprint density at radius 3 is 1.52 bits per heavy atom. The highest BCUT2D eigenvalue weighted by Crippen LogP contribution is 2.52. The fraction of sp³-hybridized carbons (Fsp3) is 0.0508. The van der Waals surface area contributed by atoms with Crippen LogP contribution >= 0.6 is 0 Å². The lowest BCUT2D eigenvalue weighted by Crippen LogP contribution is -2.18. The smallest absolute Gasteiger partial charge is 0.235 e. The molecule has 0 aliphatic heterocycles. The Kier molecular flexibility index (Phi) is 6.63. The second-order valence-electron chi connectivity index (χ2n) is 17.6. The van der Waals surface area contributed by atoms with Gasteiger partial charge in [0.05, 0.1) is 22.4 Å². The van der Waals surface area contributed by atoms with E-state index < -0.39 is 0 Å². The van der Waals surface area contributed by atoms with Gasteiger partial charge in [-0.25, -0.2) is 9.97 Å². The summed E-state index contributed by atoms with van der Waals surface area (Å²) in [6.07, 6.45) is 0. The van der Waals surface area contributed by atoms with E-state index in [4.69, 9.17) is 9.97 Å². The Bertz CT molecular complexity index is 4060. The molecule has 13 aromatic rings. The van der Waals surface area contributed by atoms with Gasteiger partial charge in [-0.05, 0) is 99.8 Å². The van der Waals surface area contributed by atoms with Crippen LogP contribution in [0.5, 0.6) is 0 Å². The Morgan fingerprint density at radius 1 is 0.371 bits per heavy atom. The summed E-state index contributed by atoms with van der Waals surface area (Å²) in [5.41, 5.74) is 8.54. The van der Waals surface area contributed by atoms with Crippen molar-refractivity contribution in [3.8, 4) is 28.5 Å². The van der Waals surface area contributed by atoms with Crippen molar-refractivity contribution in [2.75, 3.05) is 0 Å². The van der Waals surface area contributed by atoms with Crippen molar-refractivity contribution >= 4 is 97.2 Å². The van der Waals surface area contributed by atoms with Gasteiger partial charge >= 0.3 is 0 Å². The lowest BCUT2D eigenvalue weighted by molar-refractivity contribution is 0.657. The monoisotopic (exact) mass is 787 g/mol. The summed E-state index contributed by atoms with van der Waals surface area (Å²) in [5, 5.41) is 19.9. The van der Waals surface area contributed by atoms with E-state index in [1.165, 1.54) is 103 Å². The van der Waals surface area contributed by atoms with Gasteiger partial charge in [-0.3, -0.25) is 4.57 Å². The van der Waals surface area contributed by atoms with Crippen LogP contribution in [0.15, 0.2) is 188 Å². The maximum Gasteiger partial charge on any atom is 0.235 e. The summed E-state index contributed by atoms with van der Waals surface area (Å²) in [5.74, 6) is 0.675. The van der Waals surface area contributed by atoms with Gasteiger partial charge in [0.2, 0.25) is 5.95 Å². The Morgan fingerprint density at radius 2 is 0.855 bits per heavy atom. The molecule has 0 spiro atoms. The minimum absolute atomic E-state index is 0.326. The molecule has 14 rings (SSSR count). The fourth-order valence-corrected chi connectivity index (χ4v) is 11.4. The van der Waals surface area contributed by atoms with Crippen LogP contribution in [-0.4, -0.2) is 14.5 Å². The molecule has 3 heteroatoms. The van der Waals surface area contributed by atoms with Crippen molar-refractivity contribution in [2.45, 2.75) is 19.3 Å².